The molecule has 0 aliphatic rings. The highest BCUT2D eigenvalue weighted by molar-refractivity contribution is 5.88. The first-order valence-corrected chi connectivity index (χ1v) is 60.7. The standard InChI is InChI=1S/C93H180O8.C8H16O2.4C7H6O2/c1-5-9-13-17-21-25-29-33-37-41-45-49-53-57-61-65-69-73-77-81-89(94)98-85-93(86-99-90(95)82-78-74-70-66-62-58-54-50-46-42-38-34-30-26-22-18-14-10-6-2,87-100-91(96)83-79-75-71-67-63-59-55-51-47-43-39-35-31-27-23-19-15-11-7-3)88-101-92(97)84-80-76-72-68-64-60-56-52-48-44-40-36-32-28-24-20-16-12-8-4;1-3-5-6-7(4-2)8(9)10;4*8-7(9)6-4-2-1-3-5-6/h5-88H2,1-4H3;7H,3-6H2,1-2H3,(H,9,10);4*1-5H,(H,8,9). The van der Waals surface area contributed by atoms with Gasteiger partial charge in [-0.2, -0.15) is 0 Å². The number of benzene rings is 4. The molecule has 147 heavy (non-hydrogen) atoms. The van der Waals surface area contributed by atoms with Gasteiger partial charge in [0, 0.05) is 25.7 Å². The van der Waals surface area contributed by atoms with Crippen LogP contribution in [0.1, 0.15) is 622 Å². The fraction of sp³-hybridized carbons (Fsp3) is 0.744. The van der Waals surface area contributed by atoms with Gasteiger partial charge in [0.25, 0.3) is 0 Å². The van der Waals surface area contributed by atoms with Crippen molar-refractivity contribution in [3.8, 4) is 0 Å². The lowest BCUT2D eigenvalue weighted by Crippen LogP contribution is -2.44. The Morgan fingerprint density at radius 3 is 0.429 bits per heavy atom. The van der Waals surface area contributed by atoms with E-state index in [1.165, 1.54) is 411 Å². The van der Waals surface area contributed by atoms with Gasteiger partial charge in [-0.05, 0) is 87.1 Å². The maximum absolute atomic E-state index is 13.5. The molecule has 0 bridgehead atoms. The minimum atomic E-state index is -1.21. The van der Waals surface area contributed by atoms with Crippen molar-refractivity contribution in [2.45, 2.75) is 581 Å². The third kappa shape index (κ3) is 102. The first-order chi connectivity index (χ1) is 71.8. The van der Waals surface area contributed by atoms with Crippen molar-refractivity contribution < 1.29 is 87.6 Å². The maximum atomic E-state index is 13.5. The van der Waals surface area contributed by atoms with E-state index in [9.17, 15) is 43.2 Å². The van der Waals surface area contributed by atoms with E-state index in [0.29, 0.717) is 47.9 Å². The first-order valence-electron chi connectivity index (χ1n) is 60.7. The Kier molecular flexibility index (Phi) is 108. The number of aliphatic carboxylic acids is 1. The van der Waals surface area contributed by atoms with E-state index >= 15 is 0 Å². The third-order valence-electron chi connectivity index (χ3n) is 27.9. The van der Waals surface area contributed by atoms with Gasteiger partial charge in [-0.3, -0.25) is 24.0 Å². The summed E-state index contributed by atoms with van der Waals surface area (Å²) in [6.45, 7) is 12.5. The van der Waals surface area contributed by atoms with Crippen LogP contribution in [0.4, 0.5) is 0 Å². The van der Waals surface area contributed by atoms with Crippen LogP contribution >= 0.6 is 0 Å². The summed E-state index contributed by atoms with van der Waals surface area (Å²) in [5, 5.41) is 42.1. The second kappa shape index (κ2) is 112. The molecule has 0 aliphatic heterocycles. The minimum absolute atomic E-state index is 0.111. The third-order valence-corrected chi connectivity index (χ3v) is 27.9. The Balaban J connectivity index is 0. The molecule has 0 aliphatic carbocycles. The molecule has 0 amide bonds. The van der Waals surface area contributed by atoms with E-state index in [1.54, 1.807) is 121 Å². The summed E-state index contributed by atoms with van der Waals surface area (Å²) >= 11 is 0. The molecule has 5 N–H and O–H groups in total. The molecule has 0 spiro atoms. The van der Waals surface area contributed by atoms with Crippen molar-refractivity contribution in [3.63, 3.8) is 0 Å². The first kappa shape index (κ1) is 141. The van der Waals surface area contributed by atoms with Crippen LogP contribution in [0.3, 0.4) is 0 Å². The van der Waals surface area contributed by atoms with Crippen LogP contribution in [0.2, 0.25) is 0 Å². The predicted octanol–water partition coefficient (Wildman–Crippen LogP) is 39.3. The zero-order chi connectivity index (χ0) is 108. The number of ether oxygens (including phenoxy) is 4. The van der Waals surface area contributed by atoms with Crippen LogP contribution in [0.5, 0.6) is 0 Å². The lowest BCUT2D eigenvalue weighted by Gasteiger charge is -2.31. The Labute approximate surface area is 898 Å². The van der Waals surface area contributed by atoms with Crippen LogP contribution in [0.25, 0.3) is 0 Å². The number of unbranched alkanes of at least 4 members (excludes halogenated alkanes) is 73. The molecule has 18 nitrogen and oxygen atoms in total. The zero-order valence-electron chi connectivity index (χ0n) is 94.9. The number of carboxylic acid groups (broad SMARTS) is 5. The summed E-state index contributed by atoms with van der Waals surface area (Å²) in [5.41, 5.74) is 0.115. The van der Waals surface area contributed by atoms with Gasteiger partial charge in [-0.15, -0.1) is 0 Å². The highest BCUT2D eigenvalue weighted by Gasteiger charge is 2.38. The second-order valence-electron chi connectivity index (χ2n) is 41.9. The lowest BCUT2D eigenvalue weighted by molar-refractivity contribution is -0.171. The summed E-state index contributed by atoms with van der Waals surface area (Å²) < 4.78 is 24.2. The summed E-state index contributed by atoms with van der Waals surface area (Å²) in [7, 11) is 0. The van der Waals surface area contributed by atoms with Crippen molar-refractivity contribution in [2.75, 3.05) is 26.4 Å². The van der Waals surface area contributed by atoms with Gasteiger partial charge in [0.05, 0.1) is 28.2 Å². The van der Waals surface area contributed by atoms with Gasteiger partial charge in [0.1, 0.15) is 31.8 Å². The smallest absolute Gasteiger partial charge is 0.335 e. The van der Waals surface area contributed by atoms with E-state index in [4.69, 9.17) is 44.5 Å². The van der Waals surface area contributed by atoms with Gasteiger partial charge >= 0.3 is 53.7 Å². The molecule has 4 aromatic carbocycles. The van der Waals surface area contributed by atoms with Crippen molar-refractivity contribution in [3.05, 3.63) is 144 Å². The number of hydrogen-bond acceptors (Lipinski definition) is 13. The van der Waals surface area contributed by atoms with Crippen LogP contribution in [0.15, 0.2) is 121 Å². The Morgan fingerprint density at radius 2 is 0.320 bits per heavy atom. The molecule has 0 fully saturated rings. The van der Waals surface area contributed by atoms with Crippen molar-refractivity contribution in [1.82, 2.24) is 0 Å². The number of carbonyl (C=O) groups is 9. The molecule has 0 aromatic heterocycles. The summed E-state index contributed by atoms with van der Waals surface area (Å²) in [4.78, 5) is 105. The average Bonchev–Trinajstić information content (AvgIpc) is 0.849. The van der Waals surface area contributed by atoms with Crippen molar-refractivity contribution in [2.24, 2.45) is 11.3 Å². The molecule has 0 saturated carbocycles. The van der Waals surface area contributed by atoms with Crippen LogP contribution < -0.4 is 0 Å². The summed E-state index contributed by atoms with van der Waals surface area (Å²) in [6, 6.07) is 33.2. The summed E-state index contributed by atoms with van der Waals surface area (Å²) in [6.07, 6.45) is 103. The van der Waals surface area contributed by atoms with Gasteiger partial charge in [-0.1, -0.05) is 589 Å². The van der Waals surface area contributed by atoms with Crippen LogP contribution in [-0.4, -0.2) is 106 Å². The maximum Gasteiger partial charge on any atom is 0.335 e. The molecule has 1 atom stereocenters. The fourth-order valence-corrected chi connectivity index (χ4v) is 18.1. The van der Waals surface area contributed by atoms with Gasteiger partial charge in [0.15, 0.2) is 0 Å². The fourth-order valence-electron chi connectivity index (χ4n) is 18.1. The Hall–Kier alpha value is -7.89. The molecule has 0 radical (unpaired) electrons. The highest BCUT2D eigenvalue weighted by atomic mass is 16.6. The number of carboxylic acids is 5. The van der Waals surface area contributed by atoms with Crippen molar-refractivity contribution in [1.29, 1.82) is 0 Å². The molecular formula is C129H220O18. The van der Waals surface area contributed by atoms with E-state index in [-0.39, 0.29) is 56.2 Å². The molecule has 18 heteroatoms. The van der Waals surface area contributed by atoms with Gasteiger partial charge in [-0.25, -0.2) is 19.2 Å². The number of carbonyl (C=O) groups excluding carboxylic acids is 4. The van der Waals surface area contributed by atoms with E-state index in [2.05, 4.69) is 34.6 Å². The summed E-state index contributed by atoms with van der Waals surface area (Å²) in [5.74, 6) is -5.54. The zero-order valence-corrected chi connectivity index (χ0v) is 94.9. The molecule has 844 valence electrons. The Bertz CT molecular complexity index is 3100. The van der Waals surface area contributed by atoms with E-state index in [0.717, 1.165) is 103 Å². The number of hydrogen-bond donors (Lipinski definition) is 5. The van der Waals surface area contributed by atoms with Crippen LogP contribution in [-0.2, 0) is 42.9 Å². The second-order valence-corrected chi connectivity index (χ2v) is 41.9. The largest absolute Gasteiger partial charge is 0.481 e. The monoisotopic (exact) mass is 2060 g/mol. The SMILES string of the molecule is CCCCC(CC)C(=O)O.CCCCCCCCCCCCCCCCCCCCCC(=O)OCC(COC(=O)CCCCCCCCCCCCCCCCCCCCC)(COC(=O)CCCCCCCCCCCCCCCCCCCCC)COC(=O)CCCCCCCCCCCCCCCCCCCCC.O=C(O)c1ccccc1.O=C(O)c1ccccc1.O=C(O)c1ccccc1.O=C(O)c1ccccc1. The van der Waals surface area contributed by atoms with E-state index in [1.807, 2.05) is 6.92 Å². The van der Waals surface area contributed by atoms with Gasteiger partial charge in [0.2, 0.25) is 0 Å². The number of esters is 4. The van der Waals surface area contributed by atoms with Crippen LogP contribution in [0, 0.1) is 11.3 Å². The van der Waals surface area contributed by atoms with E-state index < -0.39 is 35.3 Å². The highest BCUT2D eigenvalue weighted by Crippen LogP contribution is 2.27. The molecule has 1 unspecified atom stereocenters. The quantitative estimate of drug-likeness (QED) is 0.0156. The molecule has 0 saturated heterocycles. The normalized spacial score (nSPS) is 11.1. The van der Waals surface area contributed by atoms with Gasteiger partial charge < -0.3 is 44.5 Å². The molecular weight excluding hydrogens is 1840 g/mol. The molecule has 4 rings (SSSR count). The number of rotatable bonds is 97. The molecule has 0 heterocycles. The molecule has 4 aromatic rings. The topological polar surface area (TPSA) is 292 Å². The lowest BCUT2D eigenvalue weighted by atomic mass is 9.92. The average molecular weight is 2060 g/mol. The minimum Gasteiger partial charge on any atom is -0.481 e. The number of aromatic carboxylic acids is 4. The van der Waals surface area contributed by atoms with Crippen molar-refractivity contribution >= 4 is 53.7 Å². The Morgan fingerprint density at radius 1 is 0.190 bits per heavy atom. The predicted molar refractivity (Wildman–Crippen MR) is 613 cm³/mol.